The zero-order valence-electron chi connectivity index (χ0n) is 8.84. The van der Waals surface area contributed by atoms with E-state index in [0.29, 0.717) is 18.4 Å². The second-order valence-corrected chi connectivity index (χ2v) is 4.25. The summed E-state index contributed by atoms with van der Waals surface area (Å²) in [6, 6.07) is 3.61. The first-order valence-corrected chi connectivity index (χ1v) is 5.19. The van der Waals surface area contributed by atoms with Crippen molar-refractivity contribution in [2.45, 2.75) is 25.7 Å². The zero-order valence-corrected chi connectivity index (χ0v) is 8.84. The largest absolute Gasteiger partial charge is 0.481 e. The van der Waals surface area contributed by atoms with Crippen molar-refractivity contribution in [2.24, 2.45) is 5.41 Å². The zero-order chi connectivity index (χ0) is 11.9. The van der Waals surface area contributed by atoms with Crippen LogP contribution in [-0.2, 0) is 4.79 Å². The van der Waals surface area contributed by atoms with Crippen LogP contribution in [-0.4, -0.2) is 11.1 Å². The molecule has 1 aromatic carbocycles. The SMILES string of the molecule is CC[C@@]1(C(=O)O)C[C@@H]1c1ccc(F)c(F)c1. The summed E-state index contributed by atoms with van der Waals surface area (Å²) in [5.74, 6) is -2.86. The fourth-order valence-corrected chi connectivity index (χ4v) is 2.25. The van der Waals surface area contributed by atoms with E-state index in [4.69, 9.17) is 5.11 Å². The van der Waals surface area contributed by atoms with Crippen LogP contribution in [0.2, 0.25) is 0 Å². The minimum Gasteiger partial charge on any atom is -0.481 e. The summed E-state index contributed by atoms with van der Waals surface area (Å²) in [7, 11) is 0. The Bertz CT molecular complexity index is 445. The van der Waals surface area contributed by atoms with Crippen LogP contribution in [0.1, 0.15) is 31.2 Å². The molecular weight excluding hydrogens is 214 g/mol. The Morgan fingerprint density at radius 3 is 2.62 bits per heavy atom. The van der Waals surface area contributed by atoms with Gasteiger partial charge in [0.25, 0.3) is 0 Å². The number of aliphatic carboxylic acids is 1. The van der Waals surface area contributed by atoms with Crippen LogP contribution in [0.3, 0.4) is 0 Å². The van der Waals surface area contributed by atoms with Gasteiger partial charge in [-0.2, -0.15) is 0 Å². The van der Waals surface area contributed by atoms with Gasteiger partial charge >= 0.3 is 5.97 Å². The van der Waals surface area contributed by atoms with Gasteiger partial charge in [0.15, 0.2) is 11.6 Å². The molecule has 16 heavy (non-hydrogen) atoms. The van der Waals surface area contributed by atoms with Gasteiger partial charge in [0, 0.05) is 5.92 Å². The van der Waals surface area contributed by atoms with Gasteiger partial charge in [-0.25, -0.2) is 8.78 Å². The van der Waals surface area contributed by atoms with Crippen LogP contribution in [0, 0.1) is 17.0 Å². The van der Waals surface area contributed by atoms with Gasteiger partial charge in [-0.15, -0.1) is 0 Å². The average Bonchev–Trinajstić information content (AvgIpc) is 2.98. The first kappa shape index (κ1) is 11.0. The van der Waals surface area contributed by atoms with Gasteiger partial charge < -0.3 is 5.11 Å². The number of benzene rings is 1. The molecule has 1 N–H and O–H groups in total. The van der Waals surface area contributed by atoms with E-state index in [1.807, 2.05) is 0 Å². The molecular formula is C12H12F2O2. The standard InChI is InChI=1S/C12H12F2O2/c1-2-12(11(15)16)6-8(12)7-3-4-9(13)10(14)5-7/h3-5,8H,2,6H2,1H3,(H,15,16)/t8-,12-/m1/s1. The summed E-state index contributed by atoms with van der Waals surface area (Å²) < 4.78 is 25.7. The van der Waals surface area contributed by atoms with Crippen LogP contribution in [0.25, 0.3) is 0 Å². The number of carboxylic acid groups (broad SMARTS) is 1. The highest BCUT2D eigenvalue weighted by atomic mass is 19.2. The Morgan fingerprint density at radius 1 is 1.50 bits per heavy atom. The summed E-state index contributed by atoms with van der Waals surface area (Å²) in [4.78, 5) is 11.1. The van der Waals surface area contributed by atoms with Crippen LogP contribution in [0.5, 0.6) is 0 Å². The molecule has 0 aromatic heterocycles. The summed E-state index contributed by atoms with van der Waals surface area (Å²) in [5, 5.41) is 9.09. The topological polar surface area (TPSA) is 37.3 Å². The predicted octanol–water partition coefficient (Wildman–Crippen LogP) is 2.93. The van der Waals surface area contributed by atoms with Crippen molar-refractivity contribution in [1.82, 2.24) is 0 Å². The highest BCUT2D eigenvalue weighted by Crippen LogP contribution is 2.61. The van der Waals surface area contributed by atoms with Gasteiger partial charge in [-0.1, -0.05) is 13.0 Å². The van der Waals surface area contributed by atoms with Crippen molar-refractivity contribution in [1.29, 1.82) is 0 Å². The van der Waals surface area contributed by atoms with Gasteiger partial charge in [-0.05, 0) is 30.5 Å². The molecule has 2 nitrogen and oxygen atoms in total. The number of hydrogen-bond acceptors (Lipinski definition) is 1. The molecule has 1 aromatic rings. The monoisotopic (exact) mass is 226 g/mol. The maximum absolute atomic E-state index is 13.0. The number of rotatable bonds is 3. The van der Waals surface area contributed by atoms with Gasteiger partial charge in [-0.3, -0.25) is 4.79 Å². The molecule has 1 aliphatic rings. The number of hydrogen-bond donors (Lipinski definition) is 1. The summed E-state index contributed by atoms with van der Waals surface area (Å²) in [6.07, 6.45) is 1.01. The molecule has 86 valence electrons. The van der Waals surface area contributed by atoms with E-state index in [-0.39, 0.29) is 5.92 Å². The quantitative estimate of drug-likeness (QED) is 0.860. The smallest absolute Gasteiger partial charge is 0.310 e. The fourth-order valence-electron chi connectivity index (χ4n) is 2.25. The van der Waals surface area contributed by atoms with E-state index in [1.165, 1.54) is 6.07 Å². The fraction of sp³-hybridized carbons (Fsp3) is 0.417. The Kier molecular flexibility index (Phi) is 2.45. The molecule has 0 spiro atoms. The van der Waals surface area contributed by atoms with Crippen molar-refractivity contribution < 1.29 is 18.7 Å². The maximum Gasteiger partial charge on any atom is 0.310 e. The highest BCUT2D eigenvalue weighted by Gasteiger charge is 2.59. The molecule has 0 heterocycles. The number of carbonyl (C=O) groups is 1. The Morgan fingerprint density at radius 2 is 2.19 bits per heavy atom. The lowest BCUT2D eigenvalue weighted by Gasteiger charge is -2.09. The van der Waals surface area contributed by atoms with E-state index >= 15 is 0 Å². The molecule has 4 heteroatoms. The first-order chi connectivity index (χ1) is 7.51. The van der Waals surface area contributed by atoms with Gasteiger partial charge in [0.05, 0.1) is 5.41 Å². The summed E-state index contributed by atoms with van der Waals surface area (Å²) >= 11 is 0. The molecule has 1 fully saturated rings. The molecule has 2 atom stereocenters. The molecule has 1 saturated carbocycles. The van der Waals surface area contributed by atoms with Gasteiger partial charge in [0.1, 0.15) is 0 Å². The summed E-state index contributed by atoms with van der Waals surface area (Å²) in [5.41, 5.74) is -0.201. The predicted molar refractivity (Wildman–Crippen MR) is 54.1 cm³/mol. The summed E-state index contributed by atoms with van der Waals surface area (Å²) in [6.45, 7) is 1.80. The second kappa shape index (κ2) is 3.54. The van der Waals surface area contributed by atoms with Crippen LogP contribution in [0.15, 0.2) is 18.2 Å². The molecule has 0 radical (unpaired) electrons. The highest BCUT2D eigenvalue weighted by molar-refractivity contribution is 5.80. The van der Waals surface area contributed by atoms with Crippen molar-refractivity contribution in [3.8, 4) is 0 Å². The van der Waals surface area contributed by atoms with E-state index < -0.39 is 23.0 Å². The maximum atomic E-state index is 13.0. The third-order valence-corrected chi connectivity index (χ3v) is 3.48. The minimum atomic E-state index is -0.917. The van der Waals surface area contributed by atoms with E-state index in [2.05, 4.69) is 0 Å². The van der Waals surface area contributed by atoms with Gasteiger partial charge in [0.2, 0.25) is 0 Å². The molecule has 0 bridgehead atoms. The van der Waals surface area contributed by atoms with E-state index in [9.17, 15) is 13.6 Å². The van der Waals surface area contributed by atoms with Crippen molar-refractivity contribution >= 4 is 5.97 Å². The third-order valence-electron chi connectivity index (χ3n) is 3.48. The average molecular weight is 226 g/mol. The Balaban J connectivity index is 2.28. The Hall–Kier alpha value is -1.45. The van der Waals surface area contributed by atoms with Crippen LogP contribution >= 0.6 is 0 Å². The lowest BCUT2D eigenvalue weighted by atomic mass is 9.96. The lowest BCUT2D eigenvalue weighted by Crippen LogP contribution is -2.15. The van der Waals surface area contributed by atoms with Crippen molar-refractivity contribution in [3.63, 3.8) is 0 Å². The number of carboxylic acids is 1. The number of halogens is 2. The normalized spacial score (nSPS) is 27.8. The lowest BCUT2D eigenvalue weighted by molar-refractivity contribution is -0.143. The van der Waals surface area contributed by atoms with E-state index in [1.54, 1.807) is 6.92 Å². The second-order valence-electron chi connectivity index (χ2n) is 4.25. The van der Waals surface area contributed by atoms with Crippen LogP contribution in [0.4, 0.5) is 8.78 Å². The van der Waals surface area contributed by atoms with E-state index in [0.717, 1.165) is 12.1 Å². The minimum absolute atomic E-state index is 0.190. The molecule has 0 aliphatic heterocycles. The molecule has 0 unspecified atom stereocenters. The molecule has 2 rings (SSSR count). The Labute approximate surface area is 91.9 Å². The third kappa shape index (κ3) is 1.49. The first-order valence-electron chi connectivity index (χ1n) is 5.19. The van der Waals surface area contributed by atoms with Crippen LogP contribution < -0.4 is 0 Å². The van der Waals surface area contributed by atoms with Crippen molar-refractivity contribution in [2.75, 3.05) is 0 Å². The van der Waals surface area contributed by atoms with Crippen molar-refractivity contribution in [3.05, 3.63) is 35.4 Å². The molecule has 0 saturated heterocycles. The molecule has 0 amide bonds. The molecule has 1 aliphatic carbocycles.